The molecule has 35 heavy (non-hydrogen) atoms. The number of carboxylic acid groups (broad SMARTS) is 1. The van der Waals surface area contributed by atoms with Crippen LogP contribution in [0.4, 0.5) is 4.79 Å². The van der Waals surface area contributed by atoms with E-state index < -0.39 is 35.7 Å². The predicted octanol–water partition coefficient (Wildman–Crippen LogP) is 4.08. The van der Waals surface area contributed by atoms with E-state index in [0.29, 0.717) is 6.42 Å². The second-order valence-electron chi connectivity index (χ2n) is 9.66. The first-order chi connectivity index (χ1) is 16.6. The first kappa shape index (κ1) is 26.2. The second kappa shape index (κ2) is 11.4. The van der Waals surface area contributed by atoms with Gasteiger partial charge in [0.2, 0.25) is 5.91 Å². The number of carbonyl (C=O) groups is 3. The van der Waals surface area contributed by atoms with Crippen molar-refractivity contribution in [3.05, 3.63) is 59.7 Å². The maximum Gasteiger partial charge on any atom is 0.407 e. The Bertz CT molecular complexity index is 1020. The zero-order valence-electron chi connectivity index (χ0n) is 20.7. The Labute approximate surface area is 206 Å². The van der Waals surface area contributed by atoms with Crippen LogP contribution in [0.1, 0.15) is 57.6 Å². The highest BCUT2D eigenvalue weighted by Gasteiger charge is 2.30. The van der Waals surface area contributed by atoms with Crippen LogP contribution in [0.2, 0.25) is 0 Å². The molecule has 0 bridgehead atoms. The topological polar surface area (TPSA) is 114 Å². The highest BCUT2D eigenvalue weighted by molar-refractivity contribution is 5.86. The summed E-state index contributed by atoms with van der Waals surface area (Å²) in [4.78, 5) is 36.7. The number of ether oxygens (including phenoxy) is 2. The van der Waals surface area contributed by atoms with Crippen LogP contribution in [0.25, 0.3) is 11.1 Å². The summed E-state index contributed by atoms with van der Waals surface area (Å²) in [5, 5.41) is 14.4. The molecule has 0 saturated carbocycles. The van der Waals surface area contributed by atoms with Gasteiger partial charge in [0.15, 0.2) is 0 Å². The van der Waals surface area contributed by atoms with Crippen LogP contribution in [0.5, 0.6) is 0 Å². The van der Waals surface area contributed by atoms with E-state index in [-0.39, 0.29) is 25.6 Å². The number of benzene rings is 2. The van der Waals surface area contributed by atoms with E-state index in [2.05, 4.69) is 22.8 Å². The Morgan fingerprint density at radius 2 is 1.54 bits per heavy atom. The molecule has 0 radical (unpaired) electrons. The number of fused-ring (bicyclic) bond motifs is 3. The van der Waals surface area contributed by atoms with Crippen molar-refractivity contribution in [2.75, 3.05) is 13.2 Å². The van der Waals surface area contributed by atoms with Crippen molar-refractivity contribution in [2.45, 2.75) is 64.1 Å². The Morgan fingerprint density at radius 1 is 0.971 bits per heavy atom. The standard InChI is InChI=1S/C27H34N2O6/c1-5-17(14-24(30)31)28-25(32)23(16-35-27(2,3)4)29-26(33)34-15-22-20-12-8-6-10-18(20)19-11-7-9-13-21(19)22/h6-13,17,22-23H,5,14-16H2,1-4H3,(H,28,32)(H,29,33)(H,30,31)/t17-,23+/m1/s1. The summed E-state index contributed by atoms with van der Waals surface area (Å²) in [5.41, 5.74) is 3.89. The summed E-state index contributed by atoms with van der Waals surface area (Å²) in [7, 11) is 0. The largest absolute Gasteiger partial charge is 0.481 e. The summed E-state index contributed by atoms with van der Waals surface area (Å²) in [5.74, 6) is -1.63. The fourth-order valence-electron chi connectivity index (χ4n) is 4.11. The van der Waals surface area contributed by atoms with Gasteiger partial charge in [-0.25, -0.2) is 4.79 Å². The average Bonchev–Trinajstić information content (AvgIpc) is 3.12. The molecule has 0 aromatic heterocycles. The molecule has 0 spiro atoms. The van der Waals surface area contributed by atoms with Crippen LogP contribution < -0.4 is 10.6 Å². The minimum atomic E-state index is -1.03. The normalized spacial score (nSPS) is 14.4. The van der Waals surface area contributed by atoms with Gasteiger partial charge in [0.1, 0.15) is 12.6 Å². The maximum absolute atomic E-state index is 12.9. The van der Waals surface area contributed by atoms with Gasteiger partial charge in [-0.05, 0) is 49.4 Å². The quantitative estimate of drug-likeness (QED) is 0.470. The Morgan fingerprint density at radius 3 is 2.06 bits per heavy atom. The summed E-state index contributed by atoms with van der Waals surface area (Å²) in [6.07, 6.45) is -0.508. The molecule has 2 aromatic rings. The van der Waals surface area contributed by atoms with E-state index in [1.165, 1.54) is 0 Å². The highest BCUT2D eigenvalue weighted by Crippen LogP contribution is 2.44. The third-order valence-corrected chi connectivity index (χ3v) is 5.90. The summed E-state index contributed by atoms with van der Waals surface area (Å²) >= 11 is 0. The maximum atomic E-state index is 12.9. The van der Waals surface area contributed by atoms with Crippen molar-refractivity contribution < 1.29 is 29.0 Å². The predicted molar refractivity (Wildman–Crippen MR) is 132 cm³/mol. The lowest BCUT2D eigenvalue weighted by Crippen LogP contribution is -2.53. The van der Waals surface area contributed by atoms with Crippen LogP contribution in [0.3, 0.4) is 0 Å². The van der Waals surface area contributed by atoms with Crippen molar-refractivity contribution in [3.8, 4) is 11.1 Å². The lowest BCUT2D eigenvalue weighted by Gasteiger charge is -2.26. The number of hydrogen-bond acceptors (Lipinski definition) is 5. The number of aliphatic carboxylic acids is 1. The molecular formula is C27H34N2O6. The van der Waals surface area contributed by atoms with E-state index in [1.807, 2.05) is 57.2 Å². The third kappa shape index (κ3) is 7.05. The summed E-state index contributed by atoms with van der Waals surface area (Å²) in [6.45, 7) is 7.35. The zero-order chi connectivity index (χ0) is 25.6. The number of carbonyl (C=O) groups excluding carboxylic acids is 2. The molecule has 3 N–H and O–H groups in total. The number of hydrogen-bond donors (Lipinski definition) is 3. The van der Waals surface area contributed by atoms with E-state index in [4.69, 9.17) is 14.6 Å². The van der Waals surface area contributed by atoms with Crippen molar-refractivity contribution >= 4 is 18.0 Å². The molecule has 0 saturated heterocycles. The minimum absolute atomic E-state index is 0.0803. The molecule has 8 nitrogen and oxygen atoms in total. The molecule has 1 aliphatic carbocycles. The molecule has 188 valence electrons. The fourth-order valence-corrected chi connectivity index (χ4v) is 4.11. The number of rotatable bonds is 10. The third-order valence-electron chi connectivity index (χ3n) is 5.90. The van der Waals surface area contributed by atoms with Crippen LogP contribution in [0, 0.1) is 0 Å². The van der Waals surface area contributed by atoms with E-state index in [1.54, 1.807) is 6.92 Å². The van der Waals surface area contributed by atoms with Crippen LogP contribution in [-0.2, 0) is 19.1 Å². The van der Waals surface area contributed by atoms with Crippen molar-refractivity contribution in [2.24, 2.45) is 0 Å². The van der Waals surface area contributed by atoms with Gasteiger partial charge >= 0.3 is 12.1 Å². The molecule has 0 unspecified atom stereocenters. The van der Waals surface area contributed by atoms with Crippen molar-refractivity contribution in [3.63, 3.8) is 0 Å². The Kier molecular flexibility index (Phi) is 8.51. The lowest BCUT2D eigenvalue weighted by molar-refractivity contribution is -0.137. The van der Waals surface area contributed by atoms with E-state index in [0.717, 1.165) is 22.3 Å². The van der Waals surface area contributed by atoms with Gasteiger partial charge in [0.05, 0.1) is 18.6 Å². The van der Waals surface area contributed by atoms with Gasteiger partial charge < -0.3 is 25.2 Å². The Balaban J connectivity index is 1.67. The molecule has 2 amide bonds. The molecule has 2 atom stereocenters. The van der Waals surface area contributed by atoms with Gasteiger partial charge in [-0.1, -0.05) is 55.5 Å². The monoisotopic (exact) mass is 482 g/mol. The minimum Gasteiger partial charge on any atom is -0.481 e. The van der Waals surface area contributed by atoms with E-state index >= 15 is 0 Å². The number of carboxylic acids is 1. The molecule has 0 heterocycles. The molecule has 0 fully saturated rings. The van der Waals surface area contributed by atoms with Gasteiger partial charge in [-0.15, -0.1) is 0 Å². The van der Waals surface area contributed by atoms with Gasteiger partial charge in [-0.3, -0.25) is 9.59 Å². The van der Waals surface area contributed by atoms with Gasteiger partial charge in [-0.2, -0.15) is 0 Å². The first-order valence-corrected chi connectivity index (χ1v) is 11.9. The SMILES string of the molecule is CC[C@H](CC(=O)O)NC(=O)[C@H](COC(C)(C)C)NC(=O)OCC1c2ccccc2-c2ccccc21. The van der Waals surface area contributed by atoms with Gasteiger partial charge in [0, 0.05) is 12.0 Å². The van der Waals surface area contributed by atoms with Gasteiger partial charge in [0.25, 0.3) is 0 Å². The second-order valence-corrected chi connectivity index (χ2v) is 9.66. The number of amides is 2. The van der Waals surface area contributed by atoms with Crippen molar-refractivity contribution in [1.82, 2.24) is 10.6 Å². The van der Waals surface area contributed by atoms with Crippen LogP contribution in [0.15, 0.2) is 48.5 Å². The number of alkyl carbamates (subject to hydrolysis) is 1. The molecule has 0 aliphatic heterocycles. The smallest absolute Gasteiger partial charge is 0.407 e. The fraction of sp³-hybridized carbons (Fsp3) is 0.444. The lowest BCUT2D eigenvalue weighted by atomic mass is 9.98. The summed E-state index contributed by atoms with van der Waals surface area (Å²) in [6, 6.07) is 14.5. The van der Waals surface area contributed by atoms with Crippen LogP contribution >= 0.6 is 0 Å². The van der Waals surface area contributed by atoms with Crippen molar-refractivity contribution in [1.29, 1.82) is 0 Å². The Hall–Kier alpha value is -3.39. The molecule has 3 rings (SSSR count). The molecule has 1 aliphatic rings. The average molecular weight is 483 g/mol. The number of nitrogens with one attached hydrogen (secondary N) is 2. The first-order valence-electron chi connectivity index (χ1n) is 11.9. The van der Waals surface area contributed by atoms with E-state index in [9.17, 15) is 14.4 Å². The zero-order valence-corrected chi connectivity index (χ0v) is 20.7. The molecule has 2 aromatic carbocycles. The molecule has 8 heteroatoms. The summed E-state index contributed by atoms with van der Waals surface area (Å²) < 4.78 is 11.3. The molecular weight excluding hydrogens is 448 g/mol. The highest BCUT2D eigenvalue weighted by atomic mass is 16.5. The van der Waals surface area contributed by atoms with Crippen LogP contribution in [-0.4, -0.2) is 54.0 Å².